The Balaban J connectivity index is 2.57. The highest BCUT2D eigenvalue weighted by Gasteiger charge is 2.21. The van der Waals surface area contributed by atoms with Crippen LogP contribution in [0.5, 0.6) is 0 Å². The van der Waals surface area contributed by atoms with Gasteiger partial charge in [0.1, 0.15) is 0 Å². The van der Waals surface area contributed by atoms with E-state index in [0.717, 1.165) is 4.47 Å². The number of anilines is 1. The van der Waals surface area contributed by atoms with Gasteiger partial charge in [-0.2, -0.15) is 0 Å². The van der Waals surface area contributed by atoms with Crippen molar-refractivity contribution in [3.63, 3.8) is 0 Å². The van der Waals surface area contributed by atoms with Crippen LogP contribution in [0, 0.1) is 0 Å². The van der Waals surface area contributed by atoms with Crippen molar-refractivity contribution < 1.29 is 14.6 Å². The molecule has 0 saturated heterocycles. The lowest BCUT2D eigenvalue weighted by Crippen LogP contribution is -2.41. The Bertz CT molecular complexity index is 450. The number of halogens is 1. The molecule has 0 aliphatic heterocycles. The van der Waals surface area contributed by atoms with E-state index in [9.17, 15) is 9.90 Å². The maximum absolute atomic E-state index is 11.9. The summed E-state index contributed by atoms with van der Waals surface area (Å²) in [6.07, 6.45) is 0.451. The lowest BCUT2D eigenvalue weighted by atomic mass is 10.0. The molecule has 4 N–H and O–H groups in total. The third-order valence-electron chi connectivity index (χ3n) is 2.73. The molecule has 106 valence electrons. The van der Waals surface area contributed by atoms with Crippen molar-refractivity contribution in [2.45, 2.75) is 18.9 Å². The van der Waals surface area contributed by atoms with E-state index in [-0.39, 0.29) is 12.5 Å². The van der Waals surface area contributed by atoms with Gasteiger partial charge in [-0.25, -0.2) is 0 Å². The average Bonchev–Trinajstić information content (AvgIpc) is 2.37. The Labute approximate surface area is 121 Å². The molecule has 0 bridgehead atoms. The number of nitrogens with two attached hydrogens (primary N) is 1. The lowest BCUT2D eigenvalue weighted by Gasteiger charge is -2.23. The number of nitrogen functional groups attached to an aromatic ring is 1. The highest BCUT2D eigenvalue weighted by atomic mass is 79.9. The lowest BCUT2D eigenvalue weighted by molar-refractivity contribution is 0.0243. The van der Waals surface area contributed by atoms with Crippen LogP contribution < -0.4 is 11.1 Å². The van der Waals surface area contributed by atoms with E-state index < -0.39 is 5.60 Å². The first-order chi connectivity index (χ1) is 8.85. The maximum Gasteiger partial charge on any atom is 0.251 e. The minimum atomic E-state index is -0.993. The molecule has 5 nitrogen and oxygen atoms in total. The molecule has 6 heteroatoms. The highest BCUT2D eigenvalue weighted by Crippen LogP contribution is 2.20. The molecule has 0 spiro atoms. The maximum atomic E-state index is 11.9. The molecule has 1 aromatic carbocycles. The van der Waals surface area contributed by atoms with Crippen LogP contribution in [0.4, 0.5) is 5.69 Å². The van der Waals surface area contributed by atoms with Gasteiger partial charge >= 0.3 is 0 Å². The fourth-order valence-corrected chi connectivity index (χ4v) is 1.71. The quantitative estimate of drug-likeness (QED) is 0.691. The summed E-state index contributed by atoms with van der Waals surface area (Å²) in [5, 5.41) is 12.7. The number of nitrogens with one attached hydrogen (secondary N) is 1. The number of carbonyl (C=O) groups excluding carboxylic acids is 1. The monoisotopic (exact) mass is 330 g/mol. The summed E-state index contributed by atoms with van der Waals surface area (Å²) < 4.78 is 5.65. The molecule has 0 saturated carbocycles. The van der Waals surface area contributed by atoms with E-state index in [2.05, 4.69) is 21.2 Å². The van der Waals surface area contributed by atoms with Crippen molar-refractivity contribution in [1.82, 2.24) is 5.32 Å². The fraction of sp³-hybridized carbons (Fsp3) is 0.462. The first-order valence-electron chi connectivity index (χ1n) is 5.90. The average molecular weight is 331 g/mol. The van der Waals surface area contributed by atoms with Gasteiger partial charge in [0.2, 0.25) is 0 Å². The van der Waals surface area contributed by atoms with E-state index >= 15 is 0 Å². The molecule has 1 amide bonds. The number of rotatable bonds is 6. The zero-order valence-electron chi connectivity index (χ0n) is 11.1. The molecule has 0 aromatic heterocycles. The normalized spacial score (nSPS) is 13.9. The van der Waals surface area contributed by atoms with Gasteiger partial charge in [-0.15, -0.1) is 0 Å². The van der Waals surface area contributed by atoms with Gasteiger partial charge in [-0.1, -0.05) is 0 Å². The molecule has 0 fully saturated rings. The highest BCUT2D eigenvalue weighted by molar-refractivity contribution is 9.10. The Morgan fingerprint density at radius 3 is 2.84 bits per heavy atom. The zero-order chi connectivity index (χ0) is 14.5. The molecule has 19 heavy (non-hydrogen) atoms. The fourth-order valence-electron chi connectivity index (χ4n) is 1.47. The van der Waals surface area contributed by atoms with E-state index in [4.69, 9.17) is 10.5 Å². The summed E-state index contributed by atoms with van der Waals surface area (Å²) in [6, 6.07) is 4.97. The van der Waals surface area contributed by atoms with Gasteiger partial charge < -0.3 is 20.9 Å². The largest absolute Gasteiger partial charge is 0.398 e. The summed E-state index contributed by atoms with van der Waals surface area (Å²) in [7, 11) is 1.57. The van der Waals surface area contributed by atoms with Crippen LogP contribution in [0.1, 0.15) is 23.7 Å². The van der Waals surface area contributed by atoms with Gasteiger partial charge in [0.25, 0.3) is 5.91 Å². The number of methoxy groups -OCH3 is 1. The molecular weight excluding hydrogens is 312 g/mol. The van der Waals surface area contributed by atoms with E-state index in [1.165, 1.54) is 0 Å². The van der Waals surface area contributed by atoms with Crippen LogP contribution in [0.3, 0.4) is 0 Å². The van der Waals surface area contributed by atoms with Crippen molar-refractivity contribution in [2.75, 3.05) is 26.0 Å². The van der Waals surface area contributed by atoms with Gasteiger partial charge in [0, 0.05) is 42.4 Å². The SMILES string of the molecule is COCCC(C)(O)CNC(=O)c1ccc(Br)c(N)c1. The molecule has 0 heterocycles. The molecule has 0 aliphatic carbocycles. The minimum Gasteiger partial charge on any atom is -0.398 e. The number of benzene rings is 1. The molecule has 1 atom stereocenters. The molecule has 0 aliphatic rings. The summed E-state index contributed by atoms with van der Waals surface area (Å²) in [6.45, 7) is 2.25. The number of ether oxygens (including phenoxy) is 1. The van der Waals surface area contributed by atoms with Gasteiger partial charge in [0.15, 0.2) is 0 Å². The first-order valence-corrected chi connectivity index (χ1v) is 6.69. The van der Waals surface area contributed by atoms with E-state index in [1.807, 2.05) is 0 Å². The van der Waals surface area contributed by atoms with E-state index in [0.29, 0.717) is 24.3 Å². The molecule has 1 unspecified atom stereocenters. The standard InChI is InChI=1S/C13H19BrN2O3/c1-13(18,5-6-19-2)8-16-12(17)9-3-4-10(14)11(15)7-9/h3-4,7,18H,5-6,8,15H2,1-2H3,(H,16,17). The van der Waals surface area contributed by atoms with Crippen molar-refractivity contribution in [1.29, 1.82) is 0 Å². The molecule has 1 aromatic rings. The summed E-state index contributed by atoms with van der Waals surface area (Å²) >= 11 is 3.27. The number of amides is 1. The minimum absolute atomic E-state index is 0.158. The van der Waals surface area contributed by atoms with Crippen LogP contribution >= 0.6 is 15.9 Å². The van der Waals surface area contributed by atoms with Crippen molar-refractivity contribution in [2.24, 2.45) is 0 Å². The molecule has 0 radical (unpaired) electrons. The number of hydrogen-bond donors (Lipinski definition) is 3. The Morgan fingerprint density at radius 2 is 2.26 bits per heavy atom. The second-order valence-corrected chi connectivity index (χ2v) is 5.51. The number of aliphatic hydroxyl groups is 1. The summed E-state index contributed by atoms with van der Waals surface area (Å²) in [5.74, 6) is -0.267. The Kier molecular flexibility index (Phi) is 5.78. The third-order valence-corrected chi connectivity index (χ3v) is 3.45. The molecular formula is C13H19BrN2O3. The smallest absolute Gasteiger partial charge is 0.251 e. The summed E-state index contributed by atoms with van der Waals surface area (Å²) in [4.78, 5) is 11.9. The predicted molar refractivity (Wildman–Crippen MR) is 78.0 cm³/mol. The Hall–Kier alpha value is -1.11. The van der Waals surface area contributed by atoms with Crippen LogP contribution in [-0.4, -0.2) is 36.9 Å². The van der Waals surface area contributed by atoms with Crippen molar-refractivity contribution in [3.8, 4) is 0 Å². The number of carbonyl (C=O) groups is 1. The van der Waals surface area contributed by atoms with Gasteiger partial charge in [-0.05, 0) is 41.1 Å². The van der Waals surface area contributed by atoms with E-state index in [1.54, 1.807) is 32.2 Å². The first kappa shape index (κ1) is 15.9. The van der Waals surface area contributed by atoms with Crippen LogP contribution in [0.25, 0.3) is 0 Å². The number of hydrogen-bond acceptors (Lipinski definition) is 4. The van der Waals surface area contributed by atoms with Crippen molar-refractivity contribution in [3.05, 3.63) is 28.2 Å². The van der Waals surface area contributed by atoms with Gasteiger partial charge in [-0.3, -0.25) is 4.79 Å². The van der Waals surface area contributed by atoms with Crippen LogP contribution in [-0.2, 0) is 4.74 Å². The molecule has 1 rings (SSSR count). The third kappa shape index (κ3) is 5.18. The second-order valence-electron chi connectivity index (χ2n) is 4.66. The summed E-state index contributed by atoms with van der Waals surface area (Å²) in [5.41, 5.74) is 5.68. The topological polar surface area (TPSA) is 84.6 Å². The second kappa shape index (κ2) is 6.88. The predicted octanol–water partition coefficient (Wildman–Crippen LogP) is 1.55. The zero-order valence-corrected chi connectivity index (χ0v) is 12.7. The van der Waals surface area contributed by atoms with Crippen molar-refractivity contribution >= 4 is 27.5 Å². The van der Waals surface area contributed by atoms with Crippen LogP contribution in [0.15, 0.2) is 22.7 Å². The van der Waals surface area contributed by atoms with Crippen LogP contribution in [0.2, 0.25) is 0 Å². The van der Waals surface area contributed by atoms with Gasteiger partial charge in [0.05, 0.1) is 5.60 Å². The Morgan fingerprint density at radius 1 is 1.58 bits per heavy atom.